The van der Waals surface area contributed by atoms with E-state index >= 15 is 8.78 Å². The molecule has 4 aromatic rings. The van der Waals surface area contributed by atoms with Gasteiger partial charge in [-0.1, -0.05) is 11.6 Å². The van der Waals surface area contributed by atoms with Gasteiger partial charge in [-0.3, -0.25) is 9.48 Å². The van der Waals surface area contributed by atoms with Gasteiger partial charge in [0.05, 0.1) is 29.6 Å². The topological polar surface area (TPSA) is 74.3 Å². The van der Waals surface area contributed by atoms with E-state index in [4.69, 9.17) is 16.3 Å². The van der Waals surface area contributed by atoms with Crippen LogP contribution in [0.3, 0.4) is 0 Å². The zero-order valence-corrected chi connectivity index (χ0v) is 20.6. The van der Waals surface area contributed by atoms with E-state index in [9.17, 15) is 4.79 Å². The highest BCUT2D eigenvalue weighted by molar-refractivity contribution is 6.30. The second kappa shape index (κ2) is 8.74. The van der Waals surface area contributed by atoms with Crippen LogP contribution in [0.15, 0.2) is 35.4 Å². The minimum atomic E-state index is -0.830. The van der Waals surface area contributed by atoms with E-state index < -0.39 is 11.6 Å². The number of halogens is 3. The molecule has 0 radical (unpaired) electrons. The van der Waals surface area contributed by atoms with Crippen molar-refractivity contribution in [2.45, 2.75) is 57.6 Å². The first-order chi connectivity index (χ1) is 17.3. The van der Waals surface area contributed by atoms with Crippen molar-refractivity contribution in [2.24, 2.45) is 0 Å². The van der Waals surface area contributed by atoms with Gasteiger partial charge in [-0.05, 0) is 57.7 Å². The van der Waals surface area contributed by atoms with Crippen molar-refractivity contribution < 1.29 is 13.5 Å². The van der Waals surface area contributed by atoms with Crippen LogP contribution in [0.1, 0.15) is 66.3 Å². The largest absolute Gasteiger partial charge is 0.373 e. The molecule has 1 saturated carbocycles. The summed E-state index contributed by atoms with van der Waals surface area (Å²) in [7, 11) is 0. The first-order valence-electron chi connectivity index (χ1n) is 12.0. The summed E-state index contributed by atoms with van der Waals surface area (Å²) >= 11 is 5.87. The minimum absolute atomic E-state index is 0.0523. The molecule has 1 aromatic carbocycles. The third-order valence-electron chi connectivity index (χ3n) is 7.17. The number of hydrogen-bond donors (Lipinski definition) is 0. The summed E-state index contributed by atoms with van der Waals surface area (Å²) in [6, 6.07) is 4.22. The number of benzene rings is 1. The lowest BCUT2D eigenvalue weighted by Crippen LogP contribution is -2.25. The molecular weight excluding hydrogens is 488 g/mol. The number of ether oxygens (including phenoxy) is 1. The molecule has 0 N–H and O–H groups in total. The van der Waals surface area contributed by atoms with Gasteiger partial charge in [0.15, 0.2) is 5.65 Å². The summed E-state index contributed by atoms with van der Waals surface area (Å²) in [5.41, 5.74) is 2.06. The average molecular weight is 512 g/mol. The monoisotopic (exact) mass is 511 g/mol. The lowest BCUT2D eigenvalue weighted by atomic mass is 9.89. The Labute approximate surface area is 210 Å². The third kappa shape index (κ3) is 4.00. The highest BCUT2D eigenvalue weighted by atomic mass is 35.5. The molecule has 0 spiro atoms. The van der Waals surface area contributed by atoms with E-state index in [0.29, 0.717) is 42.4 Å². The Bertz CT molecular complexity index is 1540. The zero-order chi connectivity index (χ0) is 25.1. The highest BCUT2D eigenvalue weighted by Gasteiger charge is 2.31. The van der Waals surface area contributed by atoms with Crippen molar-refractivity contribution in [2.75, 3.05) is 6.61 Å². The Morgan fingerprint density at radius 3 is 2.58 bits per heavy atom. The Kier molecular flexibility index (Phi) is 5.64. The van der Waals surface area contributed by atoms with Gasteiger partial charge in [-0.15, -0.1) is 0 Å². The molecule has 0 bridgehead atoms. The molecule has 3 aromatic heterocycles. The van der Waals surface area contributed by atoms with E-state index in [-0.39, 0.29) is 39.4 Å². The molecule has 2 fully saturated rings. The molecule has 1 aliphatic heterocycles. The molecule has 186 valence electrons. The van der Waals surface area contributed by atoms with E-state index in [0.717, 1.165) is 35.1 Å². The normalized spacial score (nSPS) is 20.2. The van der Waals surface area contributed by atoms with Crippen LogP contribution < -0.4 is 5.56 Å². The number of fused-ring (bicyclic) bond motifs is 1. The lowest BCUT2D eigenvalue weighted by molar-refractivity contribution is 0.00443. The predicted molar refractivity (Wildman–Crippen MR) is 130 cm³/mol. The fraction of sp³-hybridized carbons (Fsp3) is 0.385. The number of hydrogen-bond acceptors (Lipinski definition) is 5. The number of rotatable bonds is 4. The van der Waals surface area contributed by atoms with E-state index in [1.165, 1.54) is 0 Å². The van der Waals surface area contributed by atoms with Gasteiger partial charge in [0.2, 0.25) is 0 Å². The maximum Gasteiger partial charge on any atom is 0.277 e. The maximum absolute atomic E-state index is 15.0. The molecule has 2 atom stereocenters. The molecule has 1 saturated heterocycles. The van der Waals surface area contributed by atoms with Crippen LogP contribution in [0.25, 0.3) is 16.8 Å². The van der Waals surface area contributed by atoms with E-state index in [2.05, 4.69) is 15.2 Å². The SMILES string of the molecule is Cc1nc2c(-c3c(F)cc(Cl)cc3F)cc(C3CCOC(c4cnn(C5CC5)c4)C3)nn2c(=O)c1C. The molecule has 1 aliphatic carbocycles. The van der Waals surface area contributed by atoms with Crippen molar-refractivity contribution in [1.82, 2.24) is 24.4 Å². The maximum atomic E-state index is 15.0. The second-order valence-electron chi connectivity index (χ2n) is 9.66. The van der Waals surface area contributed by atoms with Crippen molar-refractivity contribution in [1.29, 1.82) is 0 Å². The van der Waals surface area contributed by atoms with E-state index in [1.54, 1.807) is 19.9 Å². The Morgan fingerprint density at radius 2 is 1.86 bits per heavy atom. The Morgan fingerprint density at radius 1 is 1.11 bits per heavy atom. The van der Waals surface area contributed by atoms with Crippen LogP contribution in [-0.2, 0) is 4.74 Å². The molecule has 6 rings (SSSR count). The summed E-state index contributed by atoms with van der Waals surface area (Å²) < 4.78 is 39.3. The highest BCUT2D eigenvalue weighted by Crippen LogP contribution is 2.40. The number of nitrogens with zero attached hydrogens (tertiary/aromatic N) is 5. The first-order valence-corrected chi connectivity index (χ1v) is 12.4. The Hall–Kier alpha value is -3.17. The lowest BCUT2D eigenvalue weighted by Gasteiger charge is -2.29. The number of aromatic nitrogens is 5. The standard InChI is InChI=1S/C26H24ClF2N5O2/c1-13-14(2)31-25-19(24-20(28)8-17(27)9-21(24)29)10-22(32-34(25)26(13)35)15-5-6-36-23(7-15)16-11-30-33(12-16)18-3-4-18/h8-12,15,18,23H,3-7H2,1-2H3. The van der Waals surface area contributed by atoms with Crippen molar-refractivity contribution in [3.05, 3.63) is 80.1 Å². The zero-order valence-electron chi connectivity index (χ0n) is 19.8. The van der Waals surface area contributed by atoms with Crippen LogP contribution in [0, 0.1) is 25.5 Å². The van der Waals surface area contributed by atoms with Crippen molar-refractivity contribution in [3.63, 3.8) is 0 Å². The molecular formula is C26H24ClF2N5O2. The molecule has 0 amide bonds. The van der Waals surface area contributed by atoms with Crippen LogP contribution >= 0.6 is 11.6 Å². The summed E-state index contributed by atoms with van der Waals surface area (Å²) in [5, 5.41) is 9.05. The summed E-state index contributed by atoms with van der Waals surface area (Å²) in [6.45, 7) is 3.84. The van der Waals surface area contributed by atoms with Crippen molar-refractivity contribution in [3.8, 4) is 11.1 Å². The van der Waals surface area contributed by atoms with Gasteiger partial charge in [0, 0.05) is 46.1 Å². The third-order valence-corrected chi connectivity index (χ3v) is 7.39. The molecule has 2 aliphatic rings. The number of aryl methyl sites for hydroxylation is 1. The average Bonchev–Trinajstić information content (AvgIpc) is 3.58. The summed E-state index contributed by atoms with van der Waals surface area (Å²) in [4.78, 5) is 17.7. The fourth-order valence-electron chi connectivity index (χ4n) is 4.86. The quantitative estimate of drug-likeness (QED) is 0.363. The molecule has 2 unspecified atom stereocenters. The molecule has 4 heterocycles. The van der Waals surface area contributed by atoms with Gasteiger partial charge in [-0.2, -0.15) is 14.7 Å². The molecule has 10 heteroatoms. The van der Waals surface area contributed by atoms with Gasteiger partial charge in [0.25, 0.3) is 5.56 Å². The fourth-order valence-corrected chi connectivity index (χ4v) is 5.05. The van der Waals surface area contributed by atoms with Crippen LogP contribution in [-0.4, -0.2) is 31.0 Å². The molecule has 7 nitrogen and oxygen atoms in total. The van der Waals surface area contributed by atoms with Crippen molar-refractivity contribution >= 4 is 17.2 Å². The van der Waals surface area contributed by atoms with Crippen LogP contribution in [0.2, 0.25) is 5.02 Å². The molecule has 36 heavy (non-hydrogen) atoms. The van der Waals surface area contributed by atoms with Crippen LogP contribution in [0.4, 0.5) is 8.78 Å². The Balaban J connectivity index is 1.47. The van der Waals surface area contributed by atoms with Gasteiger partial charge < -0.3 is 4.74 Å². The smallest absolute Gasteiger partial charge is 0.277 e. The predicted octanol–water partition coefficient (Wildman–Crippen LogP) is 5.47. The first kappa shape index (κ1) is 23.2. The second-order valence-corrected chi connectivity index (χ2v) is 10.1. The van der Waals surface area contributed by atoms with Gasteiger partial charge in [0.1, 0.15) is 11.6 Å². The van der Waals surface area contributed by atoms with E-state index in [1.807, 2.05) is 17.1 Å². The summed E-state index contributed by atoms with van der Waals surface area (Å²) in [5.74, 6) is -1.75. The summed E-state index contributed by atoms with van der Waals surface area (Å²) in [6.07, 6.45) is 7.22. The van der Waals surface area contributed by atoms with Gasteiger partial charge >= 0.3 is 0 Å². The van der Waals surface area contributed by atoms with Gasteiger partial charge in [-0.25, -0.2) is 13.8 Å². The van der Waals surface area contributed by atoms with Crippen LogP contribution in [0.5, 0.6) is 0 Å². The minimum Gasteiger partial charge on any atom is -0.373 e.